The number of esters is 1. The Labute approximate surface area is 132 Å². The predicted octanol–water partition coefficient (Wildman–Crippen LogP) is 2.90. The van der Waals surface area contributed by atoms with Crippen LogP contribution in [0.4, 0.5) is 0 Å². The highest BCUT2D eigenvalue weighted by Gasteiger charge is 2.23. The molecule has 0 heterocycles. The van der Waals surface area contributed by atoms with Crippen LogP contribution in [0.2, 0.25) is 0 Å². The number of nitrogens with one attached hydrogen (secondary N) is 1. The van der Waals surface area contributed by atoms with E-state index in [4.69, 9.17) is 4.74 Å². The van der Waals surface area contributed by atoms with Gasteiger partial charge in [-0.15, -0.1) is 0 Å². The highest BCUT2D eigenvalue weighted by Crippen LogP contribution is 2.18. The van der Waals surface area contributed by atoms with Crippen molar-refractivity contribution in [3.05, 3.63) is 33.4 Å². The molecular formula is C15H18INO3. The molecule has 2 rings (SSSR count). The third kappa shape index (κ3) is 4.19. The second-order valence-electron chi connectivity index (χ2n) is 5.05. The molecule has 1 aliphatic rings. The molecule has 1 aliphatic carbocycles. The van der Waals surface area contributed by atoms with Gasteiger partial charge in [0.2, 0.25) is 0 Å². The molecule has 1 aromatic rings. The van der Waals surface area contributed by atoms with Crippen LogP contribution >= 0.6 is 22.6 Å². The van der Waals surface area contributed by atoms with E-state index in [0.717, 1.165) is 29.3 Å². The molecular weight excluding hydrogens is 369 g/mol. The first kappa shape index (κ1) is 15.3. The van der Waals surface area contributed by atoms with Gasteiger partial charge in [-0.05, 0) is 60.6 Å². The summed E-state index contributed by atoms with van der Waals surface area (Å²) in [6.45, 7) is 1.61. The first-order valence-electron chi connectivity index (χ1n) is 6.83. The summed E-state index contributed by atoms with van der Waals surface area (Å²) in [5, 5.41) is 2.93. The largest absolute Gasteiger partial charge is 0.449 e. The summed E-state index contributed by atoms with van der Waals surface area (Å²) < 4.78 is 6.17. The minimum Gasteiger partial charge on any atom is -0.449 e. The number of amides is 1. The van der Waals surface area contributed by atoms with Crippen molar-refractivity contribution >= 4 is 34.5 Å². The Balaban J connectivity index is 1.88. The van der Waals surface area contributed by atoms with Crippen molar-refractivity contribution < 1.29 is 14.3 Å². The lowest BCUT2D eigenvalue weighted by Gasteiger charge is -2.17. The fraction of sp³-hybridized carbons (Fsp3) is 0.467. The topological polar surface area (TPSA) is 55.4 Å². The zero-order valence-electron chi connectivity index (χ0n) is 11.4. The normalized spacial score (nSPS) is 16.7. The first-order valence-corrected chi connectivity index (χ1v) is 7.91. The maximum absolute atomic E-state index is 11.9. The van der Waals surface area contributed by atoms with E-state index in [1.54, 1.807) is 25.1 Å². The second kappa shape index (κ2) is 7.06. The number of rotatable bonds is 4. The summed E-state index contributed by atoms with van der Waals surface area (Å²) in [5.74, 6) is -0.673. The molecule has 0 radical (unpaired) electrons. The zero-order valence-corrected chi connectivity index (χ0v) is 13.6. The predicted molar refractivity (Wildman–Crippen MR) is 84.4 cm³/mol. The van der Waals surface area contributed by atoms with E-state index in [-0.39, 0.29) is 11.9 Å². The van der Waals surface area contributed by atoms with Gasteiger partial charge in [-0.3, -0.25) is 4.79 Å². The number of hydrogen-bond donors (Lipinski definition) is 1. The highest BCUT2D eigenvalue weighted by atomic mass is 127. The standard InChI is InChI=1S/C15H18INO3/c1-10(14(18)17-13-7-2-3-8-13)20-15(19)11-5-4-6-12(16)9-11/h4-6,9-10,13H,2-3,7-8H2,1H3,(H,17,18)/t10-/m1/s1. The van der Waals surface area contributed by atoms with Crippen molar-refractivity contribution in [2.24, 2.45) is 0 Å². The second-order valence-corrected chi connectivity index (χ2v) is 6.29. The molecule has 1 atom stereocenters. The van der Waals surface area contributed by atoms with Crippen LogP contribution in [0, 0.1) is 3.57 Å². The Morgan fingerprint density at radius 2 is 2.05 bits per heavy atom. The number of halogens is 1. The van der Waals surface area contributed by atoms with Crippen molar-refractivity contribution in [1.29, 1.82) is 0 Å². The Morgan fingerprint density at radius 1 is 1.35 bits per heavy atom. The molecule has 0 spiro atoms. The number of ether oxygens (including phenoxy) is 1. The Hall–Kier alpha value is -1.11. The molecule has 0 saturated heterocycles. The monoisotopic (exact) mass is 387 g/mol. The average molecular weight is 387 g/mol. The summed E-state index contributed by atoms with van der Waals surface area (Å²) in [4.78, 5) is 23.9. The average Bonchev–Trinajstić information content (AvgIpc) is 2.91. The fourth-order valence-electron chi connectivity index (χ4n) is 2.29. The lowest BCUT2D eigenvalue weighted by molar-refractivity contribution is -0.129. The number of benzene rings is 1. The van der Waals surface area contributed by atoms with Crippen LogP contribution in [0.15, 0.2) is 24.3 Å². The van der Waals surface area contributed by atoms with Gasteiger partial charge in [-0.25, -0.2) is 4.79 Å². The van der Waals surface area contributed by atoms with Gasteiger partial charge in [0, 0.05) is 9.61 Å². The molecule has 20 heavy (non-hydrogen) atoms. The first-order chi connectivity index (χ1) is 9.56. The molecule has 1 N–H and O–H groups in total. The molecule has 0 aromatic heterocycles. The van der Waals surface area contributed by atoms with Crippen molar-refractivity contribution in [1.82, 2.24) is 5.32 Å². The van der Waals surface area contributed by atoms with Crippen molar-refractivity contribution in [3.8, 4) is 0 Å². The molecule has 108 valence electrons. The van der Waals surface area contributed by atoms with Crippen LogP contribution in [0.25, 0.3) is 0 Å². The molecule has 0 unspecified atom stereocenters. The van der Waals surface area contributed by atoms with E-state index in [1.807, 2.05) is 6.07 Å². The third-order valence-electron chi connectivity index (χ3n) is 3.41. The quantitative estimate of drug-likeness (QED) is 0.639. The summed E-state index contributed by atoms with van der Waals surface area (Å²) >= 11 is 2.13. The number of carbonyl (C=O) groups is 2. The van der Waals surface area contributed by atoms with Gasteiger partial charge in [-0.1, -0.05) is 18.9 Å². The van der Waals surface area contributed by atoms with E-state index in [2.05, 4.69) is 27.9 Å². The fourth-order valence-corrected chi connectivity index (χ4v) is 2.83. The number of hydrogen-bond acceptors (Lipinski definition) is 3. The molecule has 5 heteroatoms. The smallest absolute Gasteiger partial charge is 0.338 e. The van der Waals surface area contributed by atoms with Crippen LogP contribution < -0.4 is 5.32 Å². The summed E-state index contributed by atoms with van der Waals surface area (Å²) in [6, 6.07) is 7.35. The SMILES string of the molecule is C[C@@H](OC(=O)c1cccc(I)c1)C(=O)NC1CCCC1. The summed E-state index contributed by atoms with van der Waals surface area (Å²) in [6.07, 6.45) is 3.58. The van der Waals surface area contributed by atoms with E-state index < -0.39 is 12.1 Å². The minimum absolute atomic E-state index is 0.212. The van der Waals surface area contributed by atoms with Gasteiger partial charge in [-0.2, -0.15) is 0 Å². The van der Waals surface area contributed by atoms with Gasteiger partial charge in [0.25, 0.3) is 5.91 Å². The minimum atomic E-state index is -0.763. The molecule has 1 saturated carbocycles. The van der Waals surface area contributed by atoms with Gasteiger partial charge in [0.1, 0.15) is 0 Å². The molecule has 1 fully saturated rings. The number of carbonyl (C=O) groups excluding carboxylic acids is 2. The zero-order chi connectivity index (χ0) is 14.5. The van der Waals surface area contributed by atoms with Crippen LogP contribution in [0.1, 0.15) is 43.0 Å². The molecule has 0 bridgehead atoms. The van der Waals surface area contributed by atoms with E-state index in [9.17, 15) is 9.59 Å². The maximum atomic E-state index is 11.9. The van der Waals surface area contributed by atoms with Crippen LogP contribution in [0.3, 0.4) is 0 Å². The van der Waals surface area contributed by atoms with E-state index in [1.165, 1.54) is 0 Å². The summed E-state index contributed by atoms with van der Waals surface area (Å²) in [5.41, 5.74) is 0.470. The van der Waals surface area contributed by atoms with Crippen LogP contribution in [-0.4, -0.2) is 24.0 Å². The van der Waals surface area contributed by atoms with Crippen LogP contribution in [-0.2, 0) is 9.53 Å². The van der Waals surface area contributed by atoms with E-state index in [0.29, 0.717) is 5.56 Å². The van der Waals surface area contributed by atoms with Crippen molar-refractivity contribution in [2.75, 3.05) is 0 Å². The summed E-state index contributed by atoms with van der Waals surface area (Å²) in [7, 11) is 0. The lowest BCUT2D eigenvalue weighted by Crippen LogP contribution is -2.40. The Bertz CT molecular complexity index is 498. The van der Waals surface area contributed by atoms with Gasteiger partial charge in [0.05, 0.1) is 5.56 Å². The maximum Gasteiger partial charge on any atom is 0.338 e. The molecule has 0 aliphatic heterocycles. The molecule has 1 aromatic carbocycles. The lowest BCUT2D eigenvalue weighted by atomic mass is 10.2. The Morgan fingerprint density at radius 3 is 2.70 bits per heavy atom. The van der Waals surface area contributed by atoms with Crippen molar-refractivity contribution in [3.63, 3.8) is 0 Å². The van der Waals surface area contributed by atoms with Gasteiger partial charge >= 0.3 is 5.97 Å². The third-order valence-corrected chi connectivity index (χ3v) is 4.09. The Kier molecular flexibility index (Phi) is 5.39. The molecule has 1 amide bonds. The van der Waals surface area contributed by atoms with Gasteiger partial charge < -0.3 is 10.1 Å². The van der Waals surface area contributed by atoms with Gasteiger partial charge in [0.15, 0.2) is 6.10 Å². The van der Waals surface area contributed by atoms with Crippen LogP contribution in [0.5, 0.6) is 0 Å². The van der Waals surface area contributed by atoms with E-state index >= 15 is 0 Å². The van der Waals surface area contributed by atoms with Crippen molar-refractivity contribution in [2.45, 2.75) is 44.8 Å². The highest BCUT2D eigenvalue weighted by molar-refractivity contribution is 14.1. The molecule has 4 nitrogen and oxygen atoms in total.